The molecule has 0 aromatic carbocycles. The van der Waals surface area contributed by atoms with Gasteiger partial charge >= 0.3 is 0 Å². The SMILES string of the molecule is C=C1CC[C@@H]2[C@](C)(CO)CCC[C@@]2(C)[C@H]1CC[C@H](C)CCOC. The molecule has 0 aromatic rings. The number of hydrogen-bond donors (Lipinski definition) is 1. The van der Waals surface area contributed by atoms with Crippen LogP contribution in [0.15, 0.2) is 12.2 Å². The second-order valence-corrected chi connectivity index (χ2v) is 8.94. The summed E-state index contributed by atoms with van der Waals surface area (Å²) >= 11 is 0. The first-order valence-corrected chi connectivity index (χ1v) is 9.65. The highest BCUT2D eigenvalue weighted by atomic mass is 16.5. The maximum absolute atomic E-state index is 10.0. The second-order valence-electron chi connectivity index (χ2n) is 8.94. The topological polar surface area (TPSA) is 29.5 Å². The van der Waals surface area contributed by atoms with Gasteiger partial charge < -0.3 is 9.84 Å². The molecule has 2 fully saturated rings. The molecule has 0 amide bonds. The maximum Gasteiger partial charge on any atom is 0.0487 e. The Morgan fingerprint density at radius 1 is 1.30 bits per heavy atom. The molecule has 0 unspecified atom stereocenters. The molecule has 0 radical (unpaired) electrons. The van der Waals surface area contributed by atoms with Gasteiger partial charge in [-0.25, -0.2) is 0 Å². The molecular formula is C21H38O2. The van der Waals surface area contributed by atoms with Gasteiger partial charge in [-0.05, 0) is 67.1 Å². The molecular weight excluding hydrogens is 284 g/mol. The predicted octanol–water partition coefficient (Wildman–Crippen LogP) is 5.21. The third-order valence-corrected chi connectivity index (χ3v) is 7.27. The van der Waals surface area contributed by atoms with E-state index in [4.69, 9.17) is 4.74 Å². The van der Waals surface area contributed by atoms with Crippen LogP contribution in [0.4, 0.5) is 0 Å². The molecule has 23 heavy (non-hydrogen) atoms. The first kappa shape index (κ1) is 19.0. The first-order chi connectivity index (χ1) is 10.9. The van der Waals surface area contributed by atoms with Crippen LogP contribution in [0.2, 0.25) is 0 Å². The lowest BCUT2D eigenvalue weighted by atomic mass is 9.46. The summed E-state index contributed by atoms with van der Waals surface area (Å²) in [5.74, 6) is 2.01. The Hall–Kier alpha value is -0.340. The Kier molecular flexibility index (Phi) is 6.35. The van der Waals surface area contributed by atoms with E-state index in [1.54, 1.807) is 7.11 Å². The molecule has 2 aliphatic rings. The van der Waals surface area contributed by atoms with Crippen molar-refractivity contribution in [1.29, 1.82) is 0 Å². The maximum atomic E-state index is 10.0. The molecule has 0 spiro atoms. The number of rotatable bonds is 7. The van der Waals surface area contributed by atoms with Gasteiger partial charge in [-0.2, -0.15) is 0 Å². The van der Waals surface area contributed by atoms with Gasteiger partial charge in [-0.3, -0.25) is 0 Å². The Morgan fingerprint density at radius 3 is 2.70 bits per heavy atom. The molecule has 2 rings (SSSR count). The van der Waals surface area contributed by atoms with E-state index in [1.165, 1.54) is 44.1 Å². The summed E-state index contributed by atoms with van der Waals surface area (Å²) in [6.45, 7) is 12.8. The quantitative estimate of drug-likeness (QED) is 0.652. The van der Waals surface area contributed by atoms with Gasteiger partial charge in [-0.15, -0.1) is 0 Å². The van der Waals surface area contributed by atoms with Gasteiger partial charge in [0.15, 0.2) is 0 Å². The minimum atomic E-state index is 0.119. The van der Waals surface area contributed by atoms with Crippen LogP contribution in [0.5, 0.6) is 0 Å². The lowest BCUT2D eigenvalue weighted by Gasteiger charge is -2.58. The van der Waals surface area contributed by atoms with E-state index in [-0.39, 0.29) is 5.41 Å². The average Bonchev–Trinajstić information content (AvgIpc) is 2.51. The Balaban J connectivity index is 2.09. The Morgan fingerprint density at radius 2 is 2.04 bits per heavy atom. The molecule has 1 N–H and O–H groups in total. The van der Waals surface area contributed by atoms with Crippen LogP contribution in [0.3, 0.4) is 0 Å². The molecule has 2 saturated carbocycles. The Labute approximate surface area is 143 Å². The summed E-state index contributed by atoms with van der Waals surface area (Å²) in [6, 6.07) is 0. The standard InChI is InChI=1S/C21H38O2/c1-16(11-14-23-5)7-9-18-17(2)8-10-19-20(3,15-22)12-6-13-21(18,19)4/h16,18-19,22H,2,6-15H2,1,3-5H3/t16-,18-,19+,20-,21-/m0/s1. The van der Waals surface area contributed by atoms with Gasteiger partial charge in [0.1, 0.15) is 0 Å². The smallest absolute Gasteiger partial charge is 0.0487 e. The van der Waals surface area contributed by atoms with E-state index < -0.39 is 0 Å². The zero-order valence-corrected chi connectivity index (χ0v) is 15.9. The monoisotopic (exact) mass is 322 g/mol. The van der Waals surface area contributed by atoms with Crippen LogP contribution in [0.25, 0.3) is 0 Å². The minimum Gasteiger partial charge on any atom is -0.396 e. The number of methoxy groups -OCH3 is 1. The van der Waals surface area contributed by atoms with E-state index in [2.05, 4.69) is 27.4 Å². The molecule has 0 heterocycles. The number of aliphatic hydroxyl groups is 1. The van der Waals surface area contributed by atoms with Crippen LogP contribution >= 0.6 is 0 Å². The van der Waals surface area contributed by atoms with Crippen LogP contribution < -0.4 is 0 Å². The van der Waals surface area contributed by atoms with Crippen LogP contribution in [-0.4, -0.2) is 25.4 Å². The van der Waals surface area contributed by atoms with Crippen molar-refractivity contribution in [2.45, 2.75) is 72.1 Å². The predicted molar refractivity (Wildman–Crippen MR) is 97.4 cm³/mol. The molecule has 134 valence electrons. The van der Waals surface area contributed by atoms with Crippen molar-refractivity contribution in [3.05, 3.63) is 12.2 Å². The van der Waals surface area contributed by atoms with E-state index in [0.717, 1.165) is 25.4 Å². The van der Waals surface area contributed by atoms with Crippen molar-refractivity contribution in [3.63, 3.8) is 0 Å². The summed E-state index contributed by atoms with van der Waals surface area (Å²) in [6.07, 6.45) is 9.83. The van der Waals surface area contributed by atoms with Crippen molar-refractivity contribution >= 4 is 0 Å². The zero-order chi connectivity index (χ0) is 17.1. The molecule has 5 atom stereocenters. The van der Waals surface area contributed by atoms with Crippen molar-refractivity contribution < 1.29 is 9.84 Å². The lowest BCUT2D eigenvalue weighted by Crippen LogP contribution is -2.51. The summed E-state index contributed by atoms with van der Waals surface area (Å²) in [5.41, 5.74) is 1.93. The summed E-state index contributed by atoms with van der Waals surface area (Å²) < 4.78 is 5.23. The molecule has 0 aromatic heterocycles. The van der Waals surface area contributed by atoms with Gasteiger partial charge in [0.25, 0.3) is 0 Å². The molecule has 2 heteroatoms. The Bertz CT molecular complexity index is 405. The largest absolute Gasteiger partial charge is 0.396 e. The van der Waals surface area contributed by atoms with Crippen LogP contribution in [-0.2, 0) is 4.74 Å². The molecule has 0 aliphatic heterocycles. The van der Waals surface area contributed by atoms with Crippen molar-refractivity contribution in [3.8, 4) is 0 Å². The summed E-state index contributed by atoms with van der Waals surface area (Å²) in [7, 11) is 1.79. The highest BCUT2D eigenvalue weighted by Crippen LogP contribution is 2.61. The third kappa shape index (κ3) is 3.85. The number of allylic oxidation sites excluding steroid dienone is 1. The summed E-state index contributed by atoms with van der Waals surface area (Å²) in [4.78, 5) is 0. The van der Waals surface area contributed by atoms with E-state index in [9.17, 15) is 5.11 Å². The van der Waals surface area contributed by atoms with Crippen molar-refractivity contribution in [2.75, 3.05) is 20.3 Å². The van der Waals surface area contributed by atoms with E-state index >= 15 is 0 Å². The fraction of sp³-hybridized carbons (Fsp3) is 0.905. The number of fused-ring (bicyclic) bond motifs is 1. The first-order valence-electron chi connectivity index (χ1n) is 9.65. The van der Waals surface area contributed by atoms with Crippen LogP contribution in [0.1, 0.15) is 72.1 Å². The fourth-order valence-electron chi connectivity index (χ4n) is 5.72. The third-order valence-electron chi connectivity index (χ3n) is 7.27. The zero-order valence-electron chi connectivity index (χ0n) is 15.9. The van der Waals surface area contributed by atoms with Gasteiger partial charge in [0.05, 0.1) is 0 Å². The van der Waals surface area contributed by atoms with Gasteiger partial charge in [0, 0.05) is 20.3 Å². The highest BCUT2D eigenvalue weighted by Gasteiger charge is 2.53. The van der Waals surface area contributed by atoms with Gasteiger partial charge in [0.2, 0.25) is 0 Å². The lowest BCUT2D eigenvalue weighted by molar-refractivity contribution is -0.0868. The number of hydrogen-bond acceptors (Lipinski definition) is 2. The second kappa shape index (κ2) is 7.70. The number of ether oxygens (including phenoxy) is 1. The number of aliphatic hydroxyl groups excluding tert-OH is 1. The van der Waals surface area contributed by atoms with E-state index in [0.29, 0.717) is 23.9 Å². The van der Waals surface area contributed by atoms with Gasteiger partial charge in [-0.1, -0.05) is 45.8 Å². The minimum absolute atomic E-state index is 0.119. The summed E-state index contributed by atoms with van der Waals surface area (Å²) in [5, 5.41) is 10.0. The van der Waals surface area contributed by atoms with Crippen LogP contribution in [0, 0.1) is 28.6 Å². The molecule has 0 bridgehead atoms. The normalized spacial score (nSPS) is 39.1. The highest BCUT2D eigenvalue weighted by molar-refractivity contribution is 5.16. The average molecular weight is 323 g/mol. The van der Waals surface area contributed by atoms with E-state index in [1.807, 2.05) is 0 Å². The van der Waals surface area contributed by atoms with Crippen molar-refractivity contribution in [1.82, 2.24) is 0 Å². The van der Waals surface area contributed by atoms with Crippen molar-refractivity contribution in [2.24, 2.45) is 28.6 Å². The molecule has 0 saturated heterocycles. The molecule has 2 nitrogen and oxygen atoms in total. The molecule has 2 aliphatic carbocycles. The fourth-order valence-corrected chi connectivity index (χ4v) is 5.72.